The number of ether oxygens (including phenoxy) is 1. The van der Waals surface area contributed by atoms with E-state index in [-0.39, 0.29) is 23.4 Å². The molecule has 1 aromatic rings. The Morgan fingerprint density at radius 3 is 2.63 bits per heavy atom. The van der Waals surface area contributed by atoms with E-state index in [1.165, 1.54) is 12.5 Å². The van der Waals surface area contributed by atoms with Crippen LogP contribution in [0.25, 0.3) is 0 Å². The van der Waals surface area contributed by atoms with Crippen LogP contribution in [0.5, 0.6) is 5.75 Å². The molecule has 0 spiro atoms. The lowest BCUT2D eigenvalue weighted by Gasteiger charge is -2.59. The topological polar surface area (TPSA) is 63.6 Å². The SMILES string of the molecule is CC(=O)O[C@H]1CC[C@@]2(C)[C@@H](CC[C@@H]3[C@@H]2CC(=O)[C@]2(C)c4c(O)cc(C)cc4C[C@@H]32)C1. The fourth-order valence-electron chi connectivity index (χ4n) is 8.17. The standard InChI is InChI=1S/C26H34O4/c1-14-9-16-11-21-19-6-5-17-12-18(30-15(2)27)7-8-25(17,3)20(19)13-23(29)26(21,4)24(16)22(28)10-14/h9-10,17-21,28H,5-8,11-13H2,1-4H3/t17-,18-,19+,20-,21-,25-,26+/m0/s1. The number of aryl methyl sites for hydroxylation is 1. The molecule has 0 amide bonds. The molecule has 4 aliphatic rings. The monoisotopic (exact) mass is 410 g/mol. The van der Waals surface area contributed by atoms with Gasteiger partial charge in [0.15, 0.2) is 0 Å². The van der Waals surface area contributed by atoms with Crippen LogP contribution in [0.15, 0.2) is 12.1 Å². The first-order chi connectivity index (χ1) is 14.1. The summed E-state index contributed by atoms with van der Waals surface area (Å²) in [4.78, 5) is 25.2. The largest absolute Gasteiger partial charge is 0.508 e. The van der Waals surface area contributed by atoms with Gasteiger partial charge in [0, 0.05) is 18.9 Å². The van der Waals surface area contributed by atoms with E-state index >= 15 is 0 Å². The van der Waals surface area contributed by atoms with Crippen molar-refractivity contribution in [3.63, 3.8) is 0 Å². The Morgan fingerprint density at radius 2 is 1.90 bits per heavy atom. The van der Waals surface area contributed by atoms with E-state index in [9.17, 15) is 14.7 Å². The van der Waals surface area contributed by atoms with Gasteiger partial charge in [0.25, 0.3) is 0 Å². The molecule has 3 saturated carbocycles. The van der Waals surface area contributed by atoms with Crippen LogP contribution in [0, 0.1) is 36.0 Å². The van der Waals surface area contributed by atoms with E-state index in [0.717, 1.165) is 49.7 Å². The van der Waals surface area contributed by atoms with Crippen molar-refractivity contribution in [1.29, 1.82) is 0 Å². The van der Waals surface area contributed by atoms with Gasteiger partial charge in [-0.05, 0) is 98.7 Å². The first-order valence-corrected chi connectivity index (χ1v) is 11.7. The van der Waals surface area contributed by atoms with Gasteiger partial charge in [-0.2, -0.15) is 0 Å². The van der Waals surface area contributed by atoms with E-state index in [2.05, 4.69) is 19.9 Å². The molecule has 4 nitrogen and oxygen atoms in total. The van der Waals surface area contributed by atoms with Crippen LogP contribution in [0.1, 0.15) is 76.0 Å². The van der Waals surface area contributed by atoms with Gasteiger partial charge in [-0.15, -0.1) is 0 Å². The van der Waals surface area contributed by atoms with Crippen molar-refractivity contribution in [1.82, 2.24) is 0 Å². The highest BCUT2D eigenvalue weighted by Gasteiger charge is 2.63. The van der Waals surface area contributed by atoms with E-state index in [0.29, 0.717) is 35.7 Å². The molecular formula is C26H34O4. The van der Waals surface area contributed by atoms with Crippen LogP contribution in [0.3, 0.4) is 0 Å². The zero-order valence-corrected chi connectivity index (χ0v) is 18.7. The van der Waals surface area contributed by atoms with Crippen LogP contribution >= 0.6 is 0 Å². The molecule has 7 atom stereocenters. The average Bonchev–Trinajstić information content (AvgIpc) is 2.96. The lowest BCUT2D eigenvalue weighted by molar-refractivity contribution is -0.160. The highest BCUT2D eigenvalue weighted by molar-refractivity contribution is 5.93. The smallest absolute Gasteiger partial charge is 0.302 e. The molecule has 0 heterocycles. The molecule has 5 rings (SSSR count). The predicted octanol–water partition coefficient (Wildman–Crippen LogP) is 4.87. The highest BCUT2D eigenvalue weighted by atomic mass is 16.5. The van der Waals surface area contributed by atoms with Gasteiger partial charge in [0.1, 0.15) is 17.6 Å². The molecule has 0 saturated heterocycles. The first kappa shape index (κ1) is 20.1. The Kier molecular flexibility index (Phi) is 4.40. The number of Topliss-reactive ketones (excluding diaryl/α,β-unsaturated/α-hetero) is 1. The fraction of sp³-hybridized carbons (Fsp3) is 0.692. The second-order valence-corrected chi connectivity index (χ2v) is 11.0. The summed E-state index contributed by atoms with van der Waals surface area (Å²) in [5, 5.41) is 10.8. The molecule has 3 fully saturated rings. The van der Waals surface area contributed by atoms with Crippen molar-refractivity contribution in [3.05, 3.63) is 28.8 Å². The van der Waals surface area contributed by atoms with Gasteiger partial charge >= 0.3 is 5.97 Å². The number of phenols is 1. The summed E-state index contributed by atoms with van der Waals surface area (Å²) in [6, 6.07) is 4.00. The summed E-state index contributed by atoms with van der Waals surface area (Å²) < 4.78 is 5.56. The number of ketones is 1. The highest BCUT2D eigenvalue weighted by Crippen LogP contribution is 2.65. The Bertz CT molecular complexity index is 920. The molecule has 1 aromatic carbocycles. The number of hydrogen-bond acceptors (Lipinski definition) is 4. The molecule has 1 N–H and O–H groups in total. The molecule has 0 unspecified atom stereocenters. The molecule has 0 aromatic heterocycles. The summed E-state index contributed by atoms with van der Waals surface area (Å²) in [7, 11) is 0. The Labute approximate surface area is 179 Å². The first-order valence-electron chi connectivity index (χ1n) is 11.7. The summed E-state index contributed by atoms with van der Waals surface area (Å²) in [6.45, 7) is 8.02. The Balaban J connectivity index is 1.48. The maximum atomic E-state index is 13.7. The van der Waals surface area contributed by atoms with Crippen LogP contribution in [-0.4, -0.2) is 23.0 Å². The maximum Gasteiger partial charge on any atom is 0.302 e. The van der Waals surface area contributed by atoms with Crippen molar-refractivity contribution < 1.29 is 19.4 Å². The van der Waals surface area contributed by atoms with Crippen LogP contribution in [0.2, 0.25) is 0 Å². The fourth-order valence-corrected chi connectivity index (χ4v) is 8.17. The number of benzene rings is 1. The summed E-state index contributed by atoms with van der Waals surface area (Å²) in [5.74, 6) is 2.17. The summed E-state index contributed by atoms with van der Waals surface area (Å²) >= 11 is 0. The molecule has 4 aliphatic carbocycles. The van der Waals surface area contributed by atoms with Crippen molar-refractivity contribution in [2.24, 2.45) is 29.1 Å². The third-order valence-corrected chi connectivity index (χ3v) is 9.58. The van der Waals surface area contributed by atoms with Crippen molar-refractivity contribution in [3.8, 4) is 5.75 Å². The number of esters is 1. The van der Waals surface area contributed by atoms with E-state index < -0.39 is 5.41 Å². The number of rotatable bonds is 1. The molecule has 30 heavy (non-hydrogen) atoms. The third-order valence-electron chi connectivity index (χ3n) is 9.58. The van der Waals surface area contributed by atoms with Crippen LogP contribution in [-0.2, 0) is 26.2 Å². The van der Waals surface area contributed by atoms with Gasteiger partial charge in [0.05, 0.1) is 5.41 Å². The quantitative estimate of drug-likeness (QED) is 0.671. The van der Waals surface area contributed by atoms with Crippen molar-refractivity contribution in [2.75, 3.05) is 0 Å². The molecule has 0 aliphatic heterocycles. The Morgan fingerprint density at radius 1 is 1.13 bits per heavy atom. The number of phenolic OH excluding ortho intramolecular Hbond substituents is 1. The minimum atomic E-state index is -0.549. The molecule has 0 radical (unpaired) electrons. The van der Waals surface area contributed by atoms with Crippen LogP contribution in [0.4, 0.5) is 0 Å². The van der Waals surface area contributed by atoms with Crippen molar-refractivity contribution >= 4 is 11.8 Å². The zero-order valence-electron chi connectivity index (χ0n) is 18.7. The summed E-state index contributed by atoms with van der Waals surface area (Å²) in [6.07, 6.45) is 6.74. The van der Waals surface area contributed by atoms with E-state index in [1.807, 2.05) is 13.0 Å². The predicted molar refractivity (Wildman–Crippen MR) is 114 cm³/mol. The molecule has 4 heteroatoms. The maximum absolute atomic E-state index is 13.7. The minimum Gasteiger partial charge on any atom is -0.508 e. The Hall–Kier alpha value is -1.84. The van der Waals surface area contributed by atoms with Gasteiger partial charge in [0.2, 0.25) is 0 Å². The van der Waals surface area contributed by atoms with E-state index in [4.69, 9.17) is 4.74 Å². The number of aromatic hydroxyl groups is 1. The van der Waals surface area contributed by atoms with E-state index in [1.54, 1.807) is 0 Å². The normalized spacial score (nSPS) is 42.0. The van der Waals surface area contributed by atoms with Gasteiger partial charge in [-0.3, -0.25) is 9.59 Å². The molecule has 0 bridgehead atoms. The second-order valence-electron chi connectivity index (χ2n) is 11.0. The third kappa shape index (κ3) is 2.64. The second kappa shape index (κ2) is 6.58. The van der Waals surface area contributed by atoms with Crippen molar-refractivity contribution in [2.45, 2.75) is 84.2 Å². The lowest BCUT2D eigenvalue weighted by atomic mass is 9.44. The van der Waals surface area contributed by atoms with Crippen LogP contribution < -0.4 is 0 Å². The number of carbonyl (C=O) groups is 2. The number of hydrogen-bond donors (Lipinski definition) is 1. The molecular weight excluding hydrogens is 376 g/mol. The lowest BCUT2D eigenvalue weighted by Crippen LogP contribution is -2.57. The average molecular weight is 411 g/mol. The van der Waals surface area contributed by atoms with Gasteiger partial charge in [-0.1, -0.05) is 13.0 Å². The van der Waals surface area contributed by atoms with Gasteiger partial charge < -0.3 is 9.84 Å². The number of carbonyl (C=O) groups excluding carboxylic acids is 2. The number of fused-ring (bicyclic) bond motifs is 7. The zero-order chi connectivity index (χ0) is 21.4. The molecule has 162 valence electrons. The minimum absolute atomic E-state index is 0.0392. The van der Waals surface area contributed by atoms with Gasteiger partial charge in [-0.25, -0.2) is 0 Å². The summed E-state index contributed by atoms with van der Waals surface area (Å²) in [5.41, 5.74) is 2.75.